The molecule has 6 nitrogen and oxygen atoms in total. The van der Waals surface area contributed by atoms with Crippen LogP contribution in [0.1, 0.15) is 28.9 Å². The topological polar surface area (TPSA) is 107 Å². The second-order valence-electron chi connectivity index (χ2n) is 4.63. The van der Waals surface area contributed by atoms with Crippen molar-refractivity contribution in [2.24, 2.45) is 0 Å². The Morgan fingerprint density at radius 3 is 2.37 bits per heavy atom. The molecule has 4 N–H and O–H groups in total. The lowest BCUT2D eigenvalue weighted by Crippen LogP contribution is -2.53. The van der Waals surface area contributed by atoms with E-state index in [0.717, 1.165) is 0 Å². The lowest BCUT2D eigenvalue weighted by molar-refractivity contribution is -0.219. The highest BCUT2D eigenvalue weighted by atomic mass is 16.5. The molecule has 1 fully saturated rings. The van der Waals surface area contributed by atoms with Gasteiger partial charge >= 0.3 is 5.97 Å². The number of hydrogen-bond donors (Lipinski definition) is 4. The molecular formula is C13H16O6. The number of hydrogen-bond acceptors (Lipinski definition) is 5. The molecule has 0 radical (unpaired) electrons. The summed E-state index contributed by atoms with van der Waals surface area (Å²) >= 11 is 0. The van der Waals surface area contributed by atoms with Crippen LogP contribution in [-0.2, 0) is 4.74 Å². The molecule has 5 atom stereocenters. The molecule has 0 spiro atoms. The summed E-state index contributed by atoms with van der Waals surface area (Å²) in [6.45, 7) is 1.55. The first kappa shape index (κ1) is 14.0. The summed E-state index contributed by atoms with van der Waals surface area (Å²) in [5, 5.41) is 38.4. The molecule has 2 rings (SSSR count). The third kappa shape index (κ3) is 2.48. The third-order valence-electron chi connectivity index (χ3n) is 3.35. The van der Waals surface area contributed by atoms with Crippen LogP contribution in [0.25, 0.3) is 0 Å². The van der Waals surface area contributed by atoms with Crippen molar-refractivity contribution in [2.75, 3.05) is 0 Å². The van der Waals surface area contributed by atoms with Crippen LogP contribution >= 0.6 is 0 Å². The van der Waals surface area contributed by atoms with Crippen LogP contribution in [0.5, 0.6) is 0 Å². The minimum Gasteiger partial charge on any atom is -0.478 e. The molecule has 0 saturated carbocycles. The van der Waals surface area contributed by atoms with Crippen LogP contribution in [0.2, 0.25) is 0 Å². The maximum Gasteiger partial charge on any atom is 0.336 e. The van der Waals surface area contributed by atoms with Crippen LogP contribution in [-0.4, -0.2) is 50.8 Å². The van der Waals surface area contributed by atoms with Crippen molar-refractivity contribution in [2.45, 2.75) is 37.4 Å². The molecule has 1 aliphatic heterocycles. The maximum atomic E-state index is 11.1. The first-order chi connectivity index (χ1) is 8.93. The fourth-order valence-electron chi connectivity index (χ4n) is 2.25. The number of ether oxygens (including phenoxy) is 1. The minimum atomic E-state index is -1.38. The van der Waals surface area contributed by atoms with Crippen molar-refractivity contribution in [3.63, 3.8) is 0 Å². The molecular weight excluding hydrogens is 252 g/mol. The Morgan fingerprint density at radius 2 is 1.74 bits per heavy atom. The smallest absolute Gasteiger partial charge is 0.336 e. The van der Waals surface area contributed by atoms with Crippen LogP contribution in [0.15, 0.2) is 24.3 Å². The normalized spacial score (nSPS) is 35.1. The standard InChI is InChI=1S/C13H16O6/c1-6-9(14)10(15)11(16)12(19-6)7-4-2-3-5-8(7)13(17)18/h2-6,9-12,14-16H,1H3,(H,17,18)/t6-,9-,10+,11+,12-/m0/s1. The molecule has 1 aliphatic rings. The SMILES string of the molecule is C[C@@H]1O[C@@H](c2ccccc2C(=O)O)[C@H](O)[C@H](O)[C@H]1O. The summed E-state index contributed by atoms with van der Waals surface area (Å²) < 4.78 is 5.43. The Labute approximate surface area is 109 Å². The summed E-state index contributed by atoms with van der Waals surface area (Å²) in [5.41, 5.74) is 0.280. The molecule has 1 saturated heterocycles. The molecule has 0 bridgehead atoms. The van der Waals surface area contributed by atoms with Crippen molar-refractivity contribution < 1.29 is 30.0 Å². The fraction of sp³-hybridized carbons (Fsp3) is 0.462. The molecule has 1 aromatic rings. The van der Waals surface area contributed by atoms with E-state index in [1.807, 2.05) is 0 Å². The Bertz CT molecular complexity index is 474. The summed E-state index contributed by atoms with van der Waals surface area (Å²) in [7, 11) is 0. The van der Waals surface area contributed by atoms with Crippen LogP contribution in [0.4, 0.5) is 0 Å². The molecule has 6 heteroatoms. The van der Waals surface area contributed by atoms with E-state index in [9.17, 15) is 20.1 Å². The molecule has 19 heavy (non-hydrogen) atoms. The summed E-state index contributed by atoms with van der Waals surface area (Å²) in [5.74, 6) is -1.14. The van der Waals surface area contributed by atoms with Gasteiger partial charge in [0, 0.05) is 0 Å². The van der Waals surface area contributed by atoms with Crippen LogP contribution in [0, 0.1) is 0 Å². The van der Waals surface area contributed by atoms with Gasteiger partial charge in [-0.3, -0.25) is 0 Å². The first-order valence-corrected chi connectivity index (χ1v) is 5.95. The van der Waals surface area contributed by atoms with Crippen LogP contribution in [0.3, 0.4) is 0 Å². The van der Waals surface area contributed by atoms with Gasteiger partial charge in [-0.05, 0) is 18.6 Å². The third-order valence-corrected chi connectivity index (χ3v) is 3.35. The Kier molecular flexibility index (Phi) is 3.86. The number of carboxylic acid groups (broad SMARTS) is 1. The van der Waals surface area contributed by atoms with Gasteiger partial charge in [-0.1, -0.05) is 18.2 Å². The monoisotopic (exact) mass is 268 g/mol. The van der Waals surface area contributed by atoms with Gasteiger partial charge in [-0.25, -0.2) is 4.79 Å². The zero-order chi connectivity index (χ0) is 14.2. The second-order valence-corrected chi connectivity index (χ2v) is 4.63. The van der Waals surface area contributed by atoms with Gasteiger partial charge in [-0.15, -0.1) is 0 Å². The Morgan fingerprint density at radius 1 is 1.11 bits per heavy atom. The molecule has 0 unspecified atom stereocenters. The number of aliphatic hydroxyl groups excluding tert-OH is 3. The van der Waals surface area contributed by atoms with E-state index in [-0.39, 0.29) is 11.1 Å². The van der Waals surface area contributed by atoms with Gasteiger partial charge in [0.2, 0.25) is 0 Å². The van der Waals surface area contributed by atoms with Crippen molar-refractivity contribution >= 4 is 5.97 Å². The molecule has 1 aromatic carbocycles. The van der Waals surface area contributed by atoms with Gasteiger partial charge < -0.3 is 25.2 Å². The predicted octanol–water partition coefficient (Wildman–Crippen LogP) is -0.0727. The molecule has 1 heterocycles. The Hall–Kier alpha value is -1.47. The van der Waals surface area contributed by atoms with Gasteiger partial charge in [0.05, 0.1) is 11.7 Å². The maximum absolute atomic E-state index is 11.1. The highest BCUT2D eigenvalue weighted by Crippen LogP contribution is 2.33. The zero-order valence-electron chi connectivity index (χ0n) is 10.3. The van der Waals surface area contributed by atoms with Gasteiger partial charge in [0.15, 0.2) is 0 Å². The first-order valence-electron chi connectivity index (χ1n) is 5.95. The van der Waals surface area contributed by atoms with E-state index in [1.165, 1.54) is 12.1 Å². The van der Waals surface area contributed by atoms with Gasteiger partial charge in [0.1, 0.15) is 24.4 Å². The summed E-state index contributed by atoms with van der Waals surface area (Å²) in [6.07, 6.45) is -5.66. The predicted molar refractivity (Wildman–Crippen MR) is 64.7 cm³/mol. The van der Waals surface area contributed by atoms with E-state index in [1.54, 1.807) is 19.1 Å². The van der Waals surface area contributed by atoms with E-state index in [2.05, 4.69) is 0 Å². The molecule has 0 aliphatic carbocycles. The largest absolute Gasteiger partial charge is 0.478 e. The van der Waals surface area contributed by atoms with Gasteiger partial charge in [0.25, 0.3) is 0 Å². The number of carbonyl (C=O) groups is 1. The average molecular weight is 268 g/mol. The van der Waals surface area contributed by atoms with Crippen molar-refractivity contribution in [1.29, 1.82) is 0 Å². The molecule has 104 valence electrons. The second kappa shape index (κ2) is 5.26. The number of benzene rings is 1. The summed E-state index contributed by atoms with van der Waals surface area (Å²) in [6, 6.07) is 6.11. The average Bonchev–Trinajstić information content (AvgIpc) is 2.40. The van der Waals surface area contributed by atoms with Crippen LogP contribution < -0.4 is 0 Å². The number of aromatic carboxylic acids is 1. The minimum absolute atomic E-state index is 0.00217. The van der Waals surface area contributed by atoms with E-state index < -0.39 is 36.5 Å². The zero-order valence-corrected chi connectivity index (χ0v) is 10.3. The highest BCUT2D eigenvalue weighted by Gasteiger charge is 2.43. The van der Waals surface area contributed by atoms with E-state index in [0.29, 0.717) is 0 Å². The number of rotatable bonds is 2. The summed E-state index contributed by atoms with van der Waals surface area (Å²) in [4.78, 5) is 11.1. The fourth-order valence-corrected chi connectivity index (χ4v) is 2.25. The lowest BCUT2D eigenvalue weighted by Gasteiger charge is -2.39. The number of carboxylic acids is 1. The van der Waals surface area contributed by atoms with Gasteiger partial charge in [-0.2, -0.15) is 0 Å². The molecule has 0 amide bonds. The van der Waals surface area contributed by atoms with Crippen molar-refractivity contribution in [1.82, 2.24) is 0 Å². The van der Waals surface area contributed by atoms with E-state index >= 15 is 0 Å². The van der Waals surface area contributed by atoms with Crippen molar-refractivity contribution in [3.8, 4) is 0 Å². The van der Waals surface area contributed by atoms with E-state index in [4.69, 9.17) is 9.84 Å². The quantitative estimate of drug-likeness (QED) is 0.598. The number of aliphatic hydroxyl groups is 3. The van der Waals surface area contributed by atoms with Crippen molar-refractivity contribution in [3.05, 3.63) is 35.4 Å². The Balaban J connectivity index is 2.39. The lowest BCUT2D eigenvalue weighted by atomic mass is 9.89. The highest BCUT2D eigenvalue weighted by molar-refractivity contribution is 5.89. The molecule has 0 aromatic heterocycles.